The maximum Gasteiger partial charge on any atom is 0.00102 e. The van der Waals surface area contributed by atoms with Gasteiger partial charge in [0.15, 0.2) is 0 Å². The fraction of sp³-hybridized carbons (Fsp3) is 0.647. The highest BCUT2D eigenvalue weighted by atomic mass is 15.1. The molecule has 1 aliphatic heterocycles. The van der Waals surface area contributed by atoms with Crippen LogP contribution in [0.1, 0.15) is 42.9 Å². The minimum Gasteiger partial charge on any atom is -0.303 e. The van der Waals surface area contributed by atoms with Gasteiger partial charge in [-0.1, -0.05) is 37.1 Å². The Balaban J connectivity index is 1.87. The zero-order chi connectivity index (χ0) is 13.0. The Hall–Kier alpha value is -0.820. The summed E-state index contributed by atoms with van der Waals surface area (Å²) in [6, 6.07) is 6.87. The highest BCUT2D eigenvalue weighted by Crippen LogP contribution is 2.17. The molecule has 1 heteroatoms. The van der Waals surface area contributed by atoms with Crippen LogP contribution in [0, 0.1) is 19.8 Å². The molecule has 1 heterocycles. The monoisotopic (exact) mass is 245 g/mol. The fourth-order valence-corrected chi connectivity index (χ4v) is 3.10. The van der Waals surface area contributed by atoms with E-state index in [4.69, 9.17) is 0 Å². The zero-order valence-electron chi connectivity index (χ0n) is 12.2. The molecule has 1 aliphatic rings. The minimum atomic E-state index is 0.768. The fourth-order valence-electron chi connectivity index (χ4n) is 3.10. The van der Waals surface area contributed by atoms with Gasteiger partial charge in [0.2, 0.25) is 0 Å². The number of hydrogen-bond donors (Lipinski definition) is 0. The lowest BCUT2D eigenvalue weighted by Crippen LogP contribution is -2.34. The lowest BCUT2D eigenvalue weighted by Gasteiger charge is -2.29. The van der Waals surface area contributed by atoms with E-state index < -0.39 is 0 Å². The van der Waals surface area contributed by atoms with Crippen LogP contribution in [0.4, 0.5) is 0 Å². The van der Waals surface area contributed by atoms with Crippen molar-refractivity contribution in [3.8, 4) is 0 Å². The van der Waals surface area contributed by atoms with Gasteiger partial charge < -0.3 is 4.90 Å². The Bertz CT molecular complexity index is 377. The topological polar surface area (TPSA) is 3.24 Å². The largest absolute Gasteiger partial charge is 0.303 e. The molecular formula is C17H27N. The van der Waals surface area contributed by atoms with E-state index in [1.54, 1.807) is 0 Å². The van der Waals surface area contributed by atoms with E-state index in [1.807, 2.05) is 0 Å². The van der Waals surface area contributed by atoms with Gasteiger partial charge in [0.1, 0.15) is 0 Å². The number of rotatable bonds is 4. The predicted octanol–water partition coefficient (Wildman–Crippen LogP) is 3.97. The Morgan fingerprint density at radius 3 is 2.50 bits per heavy atom. The Morgan fingerprint density at radius 2 is 1.83 bits per heavy atom. The number of hydrogen-bond acceptors (Lipinski definition) is 1. The van der Waals surface area contributed by atoms with Gasteiger partial charge in [-0.25, -0.2) is 0 Å². The third kappa shape index (κ3) is 3.84. The molecule has 1 nitrogen and oxygen atoms in total. The van der Waals surface area contributed by atoms with Gasteiger partial charge in [-0.2, -0.15) is 0 Å². The van der Waals surface area contributed by atoms with Crippen LogP contribution in [0.2, 0.25) is 0 Å². The second-order valence-electron chi connectivity index (χ2n) is 6.10. The molecule has 0 aliphatic carbocycles. The molecule has 0 aromatic heterocycles. The first-order valence-corrected chi connectivity index (χ1v) is 7.43. The van der Waals surface area contributed by atoms with Crippen molar-refractivity contribution in [2.75, 3.05) is 19.6 Å². The van der Waals surface area contributed by atoms with Crippen molar-refractivity contribution in [1.29, 1.82) is 0 Å². The van der Waals surface area contributed by atoms with Crippen LogP contribution in [0.15, 0.2) is 18.2 Å². The van der Waals surface area contributed by atoms with Crippen molar-refractivity contribution in [1.82, 2.24) is 4.90 Å². The lowest BCUT2D eigenvalue weighted by atomic mass is 9.95. The van der Waals surface area contributed by atoms with E-state index in [2.05, 4.69) is 43.9 Å². The number of nitrogens with zero attached hydrogens (tertiary/aromatic N) is 1. The molecule has 18 heavy (non-hydrogen) atoms. The van der Waals surface area contributed by atoms with Crippen LogP contribution in [0.3, 0.4) is 0 Å². The van der Waals surface area contributed by atoms with Crippen LogP contribution >= 0.6 is 0 Å². The molecule has 0 saturated carbocycles. The highest BCUT2D eigenvalue weighted by molar-refractivity contribution is 5.30. The number of likely N-dealkylation sites (tertiary alicyclic amines) is 1. The molecule has 0 radical (unpaired) electrons. The van der Waals surface area contributed by atoms with Crippen molar-refractivity contribution >= 4 is 0 Å². The van der Waals surface area contributed by atoms with Crippen LogP contribution < -0.4 is 0 Å². The molecule has 100 valence electrons. The number of aryl methyl sites for hydroxylation is 2. The van der Waals surface area contributed by atoms with E-state index in [0.29, 0.717) is 0 Å². The van der Waals surface area contributed by atoms with E-state index >= 15 is 0 Å². The molecule has 0 unspecified atom stereocenters. The Morgan fingerprint density at radius 1 is 1.11 bits per heavy atom. The summed E-state index contributed by atoms with van der Waals surface area (Å²) in [6.07, 6.45) is 5.46. The molecule has 0 amide bonds. The molecule has 0 N–H and O–H groups in total. The summed E-state index contributed by atoms with van der Waals surface area (Å²) in [5.41, 5.74) is 4.37. The molecule has 1 fully saturated rings. The van der Waals surface area contributed by atoms with E-state index in [1.165, 1.54) is 62.0 Å². The van der Waals surface area contributed by atoms with Gasteiger partial charge in [-0.05, 0) is 63.2 Å². The average molecular weight is 245 g/mol. The van der Waals surface area contributed by atoms with Crippen molar-refractivity contribution in [2.45, 2.75) is 46.5 Å². The van der Waals surface area contributed by atoms with Crippen molar-refractivity contribution in [3.63, 3.8) is 0 Å². The zero-order valence-corrected chi connectivity index (χ0v) is 12.2. The number of piperidine rings is 1. The van der Waals surface area contributed by atoms with Gasteiger partial charge in [-0.3, -0.25) is 0 Å². The first kappa shape index (κ1) is 13.6. The third-order valence-corrected chi connectivity index (χ3v) is 4.09. The van der Waals surface area contributed by atoms with Gasteiger partial charge in [-0.15, -0.1) is 0 Å². The summed E-state index contributed by atoms with van der Waals surface area (Å²) in [5.74, 6) is 0.768. The van der Waals surface area contributed by atoms with Crippen LogP contribution in [0.25, 0.3) is 0 Å². The molecule has 1 atom stereocenters. The lowest BCUT2D eigenvalue weighted by molar-refractivity contribution is 0.200. The molecule has 2 rings (SSSR count). The molecule has 1 aromatic rings. The van der Waals surface area contributed by atoms with Crippen molar-refractivity contribution in [2.24, 2.45) is 5.92 Å². The summed E-state index contributed by atoms with van der Waals surface area (Å²) in [7, 11) is 0. The van der Waals surface area contributed by atoms with Gasteiger partial charge in [0.25, 0.3) is 0 Å². The van der Waals surface area contributed by atoms with E-state index in [0.717, 1.165) is 5.92 Å². The van der Waals surface area contributed by atoms with Crippen LogP contribution in [-0.2, 0) is 6.42 Å². The smallest absolute Gasteiger partial charge is 0.00102 e. The second kappa shape index (κ2) is 6.38. The van der Waals surface area contributed by atoms with Gasteiger partial charge in [0.05, 0.1) is 0 Å². The SMILES string of the molecule is Cc1ccc(C[C@H](C)CN2CCCCC2)c(C)c1. The van der Waals surface area contributed by atoms with Gasteiger partial charge >= 0.3 is 0 Å². The summed E-state index contributed by atoms with van der Waals surface area (Å²) < 4.78 is 0. The van der Waals surface area contributed by atoms with Gasteiger partial charge in [0, 0.05) is 6.54 Å². The summed E-state index contributed by atoms with van der Waals surface area (Å²) in [5, 5.41) is 0. The van der Waals surface area contributed by atoms with Crippen molar-refractivity contribution < 1.29 is 0 Å². The standard InChI is InChI=1S/C17H27N/c1-14-7-8-17(16(3)11-14)12-15(2)13-18-9-5-4-6-10-18/h7-8,11,15H,4-6,9-10,12-13H2,1-3H3/t15-/m0/s1. The molecule has 1 aromatic carbocycles. The number of benzene rings is 1. The molecule has 0 bridgehead atoms. The average Bonchev–Trinajstić information content (AvgIpc) is 2.34. The van der Waals surface area contributed by atoms with Crippen LogP contribution in [-0.4, -0.2) is 24.5 Å². The summed E-state index contributed by atoms with van der Waals surface area (Å²) in [6.45, 7) is 10.7. The molecule has 0 spiro atoms. The Labute approximate surface area is 112 Å². The van der Waals surface area contributed by atoms with Crippen LogP contribution in [0.5, 0.6) is 0 Å². The maximum absolute atomic E-state index is 2.65. The third-order valence-electron chi connectivity index (χ3n) is 4.09. The highest BCUT2D eigenvalue weighted by Gasteiger charge is 2.14. The van der Waals surface area contributed by atoms with Crippen molar-refractivity contribution in [3.05, 3.63) is 34.9 Å². The normalized spacial score (nSPS) is 18.8. The first-order valence-electron chi connectivity index (χ1n) is 7.43. The van der Waals surface area contributed by atoms with E-state index in [9.17, 15) is 0 Å². The quantitative estimate of drug-likeness (QED) is 0.776. The Kier molecular flexibility index (Phi) is 4.82. The molecular weight excluding hydrogens is 218 g/mol. The second-order valence-corrected chi connectivity index (χ2v) is 6.10. The first-order chi connectivity index (χ1) is 8.65. The summed E-state index contributed by atoms with van der Waals surface area (Å²) >= 11 is 0. The minimum absolute atomic E-state index is 0.768. The van der Waals surface area contributed by atoms with E-state index in [-0.39, 0.29) is 0 Å². The maximum atomic E-state index is 2.65. The summed E-state index contributed by atoms with van der Waals surface area (Å²) in [4.78, 5) is 2.65. The predicted molar refractivity (Wildman–Crippen MR) is 79.1 cm³/mol. The molecule has 1 saturated heterocycles.